The molecule has 0 bridgehead atoms. The van der Waals surface area contributed by atoms with Crippen LogP contribution in [-0.2, 0) is 16.0 Å². The number of benzene rings is 1. The van der Waals surface area contributed by atoms with E-state index in [1.54, 1.807) is 12.0 Å². The highest BCUT2D eigenvalue weighted by molar-refractivity contribution is 5.83. The first kappa shape index (κ1) is 15.8. The minimum atomic E-state index is 0.00367. The maximum atomic E-state index is 12.5. The molecule has 124 valence electrons. The summed E-state index contributed by atoms with van der Waals surface area (Å²) in [6.07, 6.45) is 2.13. The smallest absolute Gasteiger partial charge is 0.227 e. The first-order chi connectivity index (χ1) is 11.1. The molecule has 2 fully saturated rings. The van der Waals surface area contributed by atoms with Crippen molar-refractivity contribution in [1.29, 1.82) is 0 Å². The van der Waals surface area contributed by atoms with Crippen LogP contribution in [0.1, 0.15) is 18.4 Å². The zero-order valence-corrected chi connectivity index (χ0v) is 13.8. The van der Waals surface area contributed by atoms with Crippen molar-refractivity contribution >= 4 is 11.8 Å². The molecule has 0 radical (unpaired) electrons. The Hall–Kier alpha value is -2.04. The van der Waals surface area contributed by atoms with Crippen LogP contribution in [0.3, 0.4) is 0 Å². The fourth-order valence-corrected chi connectivity index (χ4v) is 3.71. The van der Waals surface area contributed by atoms with E-state index in [1.165, 1.54) is 0 Å². The van der Waals surface area contributed by atoms with Gasteiger partial charge in [-0.3, -0.25) is 9.59 Å². The lowest BCUT2D eigenvalue weighted by Crippen LogP contribution is -2.42. The van der Waals surface area contributed by atoms with Gasteiger partial charge in [-0.05, 0) is 30.4 Å². The SMILES string of the molecule is COc1ccccc1CCC(=O)N1C[C@H]2CCN(C)C(=O)[C@H]2C1. The third kappa shape index (κ3) is 3.19. The summed E-state index contributed by atoms with van der Waals surface area (Å²) in [6, 6.07) is 7.80. The van der Waals surface area contributed by atoms with Gasteiger partial charge in [0, 0.05) is 33.1 Å². The summed E-state index contributed by atoms with van der Waals surface area (Å²) >= 11 is 0. The Morgan fingerprint density at radius 3 is 2.87 bits per heavy atom. The van der Waals surface area contributed by atoms with Crippen molar-refractivity contribution in [1.82, 2.24) is 9.80 Å². The first-order valence-electron chi connectivity index (χ1n) is 8.24. The lowest BCUT2D eigenvalue weighted by molar-refractivity contribution is -0.138. The Bertz CT molecular complexity index is 602. The maximum absolute atomic E-state index is 12.5. The van der Waals surface area contributed by atoms with Gasteiger partial charge in [-0.2, -0.15) is 0 Å². The molecule has 2 aliphatic heterocycles. The number of para-hydroxylation sites is 1. The Kier molecular flexibility index (Phi) is 4.55. The number of aryl methyl sites for hydroxylation is 1. The van der Waals surface area contributed by atoms with Crippen LogP contribution in [-0.4, -0.2) is 55.4 Å². The number of likely N-dealkylation sites (tertiary alicyclic amines) is 2. The molecule has 5 heteroatoms. The average molecular weight is 316 g/mol. The van der Waals surface area contributed by atoms with E-state index in [0.29, 0.717) is 25.3 Å². The van der Waals surface area contributed by atoms with Crippen LogP contribution in [0, 0.1) is 11.8 Å². The van der Waals surface area contributed by atoms with Gasteiger partial charge >= 0.3 is 0 Å². The van der Waals surface area contributed by atoms with Gasteiger partial charge in [0.25, 0.3) is 0 Å². The van der Waals surface area contributed by atoms with Gasteiger partial charge in [0.15, 0.2) is 0 Å². The van der Waals surface area contributed by atoms with Crippen molar-refractivity contribution in [2.75, 3.05) is 33.8 Å². The van der Waals surface area contributed by atoms with Gasteiger partial charge in [0.1, 0.15) is 5.75 Å². The van der Waals surface area contributed by atoms with Crippen LogP contribution >= 0.6 is 0 Å². The van der Waals surface area contributed by atoms with Crippen molar-refractivity contribution in [3.63, 3.8) is 0 Å². The number of amides is 2. The van der Waals surface area contributed by atoms with Crippen LogP contribution in [0.4, 0.5) is 0 Å². The minimum Gasteiger partial charge on any atom is -0.496 e. The normalized spacial score (nSPS) is 23.8. The number of carbonyl (C=O) groups is 2. The maximum Gasteiger partial charge on any atom is 0.227 e. The van der Waals surface area contributed by atoms with Crippen LogP contribution in [0.2, 0.25) is 0 Å². The molecule has 23 heavy (non-hydrogen) atoms. The summed E-state index contributed by atoms with van der Waals surface area (Å²) in [5.41, 5.74) is 1.05. The van der Waals surface area contributed by atoms with Crippen molar-refractivity contribution in [3.8, 4) is 5.75 Å². The van der Waals surface area contributed by atoms with E-state index in [4.69, 9.17) is 4.74 Å². The molecule has 1 aromatic carbocycles. The van der Waals surface area contributed by atoms with Gasteiger partial charge in [0.05, 0.1) is 13.0 Å². The molecular weight excluding hydrogens is 292 g/mol. The van der Waals surface area contributed by atoms with Gasteiger partial charge in [0.2, 0.25) is 11.8 Å². The number of hydrogen-bond donors (Lipinski definition) is 0. The lowest BCUT2D eigenvalue weighted by atomic mass is 9.88. The standard InChI is InChI=1S/C18H24N2O3/c1-19-10-9-14-11-20(12-15(14)18(19)22)17(21)8-7-13-5-3-4-6-16(13)23-2/h3-6,14-15H,7-12H2,1-2H3/t14-,15+/m1/s1. The summed E-state index contributed by atoms with van der Waals surface area (Å²) in [5, 5.41) is 0. The highest BCUT2D eigenvalue weighted by Gasteiger charge is 2.42. The number of piperidine rings is 1. The molecule has 2 atom stereocenters. The highest BCUT2D eigenvalue weighted by Crippen LogP contribution is 2.32. The second-order valence-corrected chi connectivity index (χ2v) is 6.53. The molecule has 5 nitrogen and oxygen atoms in total. The second-order valence-electron chi connectivity index (χ2n) is 6.53. The molecule has 2 saturated heterocycles. The minimum absolute atomic E-state index is 0.00367. The third-order valence-electron chi connectivity index (χ3n) is 5.12. The monoisotopic (exact) mass is 316 g/mol. The first-order valence-corrected chi connectivity index (χ1v) is 8.24. The van der Waals surface area contributed by atoms with Crippen molar-refractivity contribution in [2.24, 2.45) is 11.8 Å². The third-order valence-corrected chi connectivity index (χ3v) is 5.12. The molecule has 2 amide bonds. The average Bonchev–Trinajstić information content (AvgIpc) is 3.01. The van der Waals surface area contributed by atoms with Crippen molar-refractivity contribution in [2.45, 2.75) is 19.3 Å². The second kappa shape index (κ2) is 6.60. The zero-order chi connectivity index (χ0) is 16.4. The molecule has 2 heterocycles. The summed E-state index contributed by atoms with van der Waals surface area (Å²) in [5.74, 6) is 1.51. The van der Waals surface area contributed by atoms with E-state index >= 15 is 0 Å². The summed E-state index contributed by atoms with van der Waals surface area (Å²) in [6.45, 7) is 2.12. The fourth-order valence-electron chi connectivity index (χ4n) is 3.71. The van der Waals surface area contributed by atoms with Crippen LogP contribution in [0.15, 0.2) is 24.3 Å². The molecular formula is C18H24N2O3. The molecule has 1 aromatic rings. The van der Waals surface area contributed by atoms with Crippen molar-refractivity contribution in [3.05, 3.63) is 29.8 Å². The lowest BCUT2D eigenvalue weighted by Gasteiger charge is -2.30. The van der Waals surface area contributed by atoms with E-state index in [2.05, 4.69) is 0 Å². The van der Waals surface area contributed by atoms with E-state index < -0.39 is 0 Å². The Labute approximate surface area is 137 Å². The molecule has 0 aliphatic carbocycles. The Morgan fingerprint density at radius 1 is 1.30 bits per heavy atom. The Morgan fingerprint density at radius 2 is 2.09 bits per heavy atom. The molecule has 0 unspecified atom stereocenters. The predicted molar refractivity (Wildman–Crippen MR) is 87.1 cm³/mol. The Balaban J connectivity index is 1.58. The van der Waals surface area contributed by atoms with Gasteiger partial charge in [-0.25, -0.2) is 0 Å². The number of methoxy groups -OCH3 is 1. The van der Waals surface area contributed by atoms with Crippen LogP contribution in [0.25, 0.3) is 0 Å². The summed E-state index contributed by atoms with van der Waals surface area (Å²) < 4.78 is 5.33. The molecule has 0 spiro atoms. The van der Waals surface area contributed by atoms with Gasteiger partial charge in [-0.15, -0.1) is 0 Å². The van der Waals surface area contributed by atoms with Gasteiger partial charge in [-0.1, -0.05) is 18.2 Å². The largest absolute Gasteiger partial charge is 0.496 e. The quantitative estimate of drug-likeness (QED) is 0.847. The number of ether oxygens (including phenoxy) is 1. The number of fused-ring (bicyclic) bond motifs is 1. The molecule has 3 rings (SSSR count). The molecule has 0 N–H and O–H groups in total. The highest BCUT2D eigenvalue weighted by atomic mass is 16.5. The van der Waals surface area contributed by atoms with E-state index in [9.17, 15) is 9.59 Å². The topological polar surface area (TPSA) is 49.9 Å². The molecule has 0 aromatic heterocycles. The van der Waals surface area contributed by atoms with Crippen molar-refractivity contribution < 1.29 is 14.3 Å². The fraction of sp³-hybridized carbons (Fsp3) is 0.556. The number of nitrogens with zero attached hydrogens (tertiary/aromatic N) is 2. The summed E-state index contributed by atoms with van der Waals surface area (Å²) in [7, 11) is 3.50. The van der Waals surface area contributed by atoms with E-state index in [0.717, 1.165) is 30.8 Å². The van der Waals surface area contributed by atoms with Crippen LogP contribution in [0.5, 0.6) is 5.75 Å². The van der Waals surface area contributed by atoms with Gasteiger partial charge < -0.3 is 14.5 Å². The number of rotatable bonds is 4. The van der Waals surface area contributed by atoms with Crippen LogP contribution < -0.4 is 4.74 Å². The zero-order valence-electron chi connectivity index (χ0n) is 13.8. The van der Waals surface area contributed by atoms with E-state index in [1.807, 2.05) is 36.2 Å². The number of hydrogen-bond acceptors (Lipinski definition) is 3. The number of carbonyl (C=O) groups excluding carboxylic acids is 2. The summed E-state index contributed by atoms with van der Waals surface area (Å²) in [4.78, 5) is 28.4. The molecule has 0 saturated carbocycles. The van der Waals surface area contributed by atoms with E-state index in [-0.39, 0.29) is 17.7 Å². The predicted octanol–water partition coefficient (Wildman–Crippen LogP) is 1.56. The molecule has 2 aliphatic rings.